The van der Waals surface area contributed by atoms with Crippen LogP contribution in [0.2, 0.25) is 0 Å². The summed E-state index contributed by atoms with van der Waals surface area (Å²) in [4.78, 5) is 18.0. The molecule has 2 N–H and O–H groups in total. The Morgan fingerprint density at radius 3 is 2.58 bits per heavy atom. The molecule has 0 unspecified atom stereocenters. The number of nitrogens with two attached hydrogens (primary N) is 1. The number of nitrogen functional groups attached to an aromatic ring is 1. The van der Waals surface area contributed by atoms with Gasteiger partial charge in [-0.3, -0.25) is 4.90 Å². The molecule has 0 saturated carbocycles. The predicted octanol–water partition coefficient (Wildman–Crippen LogP) is 0.758. The number of amides is 2. The van der Waals surface area contributed by atoms with E-state index in [1.165, 1.54) is 0 Å². The second-order valence-corrected chi connectivity index (χ2v) is 4.84. The Labute approximate surface area is 112 Å². The SMILES string of the molecule is Nc1ccc(N2CCN(C(=O)N3CCOC3)C2)cc1. The van der Waals surface area contributed by atoms with E-state index in [-0.39, 0.29) is 6.03 Å². The van der Waals surface area contributed by atoms with Crippen LogP contribution in [0, 0.1) is 0 Å². The van der Waals surface area contributed by atoms with E-state index >= 15 is 0 Å². The van der Waals surface area contributed by atoms with Gasteiger partial charge in [-0.1, -0.05) is 0 Å². The maximum Gasteiger partial charge on any atom is 0.323 e. The van der Waals surface area contributed by atoms with Crippen LogP contribution in [0.1, 0.15) is 0 Å². The molecule has 0 aromatic heterocycles. The third-order valence-electron chi connectivity index (χ3n) is 3.53. The first kappa shape index (κ1) is 12.1. The molecule has 1 aromatic rings. The number of hydrogen-bond donors (Lipinski definition) is 1. The maximum atomic E-state index is 12.2. The van der Waals surface area contributed by atoms with Crippen LogP contribution >= 0.6 is 0 Å². The van der Waals surface area contributed by atoms with Crippen molar-refractivity contribution in [2.45, 2.75) is 0 Å². The summed E-state index contributed by atoms with van der Waals surface area (Å²) >= 11 is 0. The Bertz CT molecular complexity index is 456. The Hall–Kier alpha value is -1.95. The number of carbonyl (C=O) groups excluding carboxylic acids is 1. The van der Waals surface area contributed by atoms with Crippen molar-refractivity contribution in [1.29, 1.82) is 0 Å². The van der Waals surface area contributed by atoms with Crippen LogP contribution in [0.15, 0.2) is 24.3 Å². The Morgan fingerprint density at radius 2 is 1.89 bits per heavy atom. The van der Waals surface area contributed by atoms with Gasteiger partial charge in [0, 0.05) is 31.0 Å². The van der Waals surface area contributed by atoms with Gasteiger partial charge < -0.3 is 20.3 Å². The summed E-state index contributed by atoms with van der Waals surface area (Å²) in [6.45, 7) is 3.97. The fourth-order valence-corrected chi connectivity index (χ4v) is 2.41. The highest BCUT2D eigenvalue weighted by atomic mass is 16.5. The minimum Gasteiger partial charge on any atom is -0.399 e. The van der Waals surface area contributed by atoms with Crippen LogP contribution < -0.4 is 10.6 Å². The summed E-state index contributed by atoms with van der Waals surface area (Å²) in [6, 6.07) is 7.81. The first-order valence-electron chi connectivity index (χ1n) is 6.46. The molecular formula is C13H18N4O2. The van der Waals surface area contributed by atoms with E-state index in [2.05, 4.69) is 4.90 Å². The predicted molar refractivity (Wildman–Crippen MR) is 72.7 cm³/mol. The molecule has 0 radical (unpaired) electrons. The molecule has 0 bridgehead atoms. The third kappa shape index (κ3) is 2.44. The van der Waals surface area contributed by atoms with Crippen molar-refractivity contribution in [2.24, 2.45) is 0 Å². The normalized spacial score (nSPS) is 19.3. The van der Waals surface area contributed by atoms with E-state index in [0.29, 0.717) is 26.6 Å². The van der Waals surface area contributed by atoms with Gasteiger partial charge in [0.25, 0.3) is 0 Å². The molecule has 19 heavy (non-hydrogen) atoms. The third-order valence-corrected chi connectivity index (χ3v) is 3.53. The molecule has 2 aliphatic rings. The van der Waals surface area contributed by atoms with Crippen molar-refractivity contribution in [3.63, 3.8) is 0 Å². The lowest BCUT2D eigenvalue weighted by Gasteiger charge is -2.23. The van der Waals surface area contributed by atoms with Gasteiger partial charge in [-0.05, 0) is 24.3 Å². The summed E-state index contributed by atoms with van der Waals surface area (Å²) in [7, 11) is 0. The van der Waals surface area contributed by atoms with Crippen LogP contribution in [0.25, 0.3) is 0 Å². The molecule has 6 nitrogen and oxygen atoms in total. The lowest BCUT2D eigenvalue weighted by atomic mass is 10.2. The Kier molecular flexibility index (Phi) is 3.16. The number of benzene rings is 1. The minimum atomic E-state index is 0.0652. The number of anilines is 2. The molecule has 2 aliphatic heterocycles. The van der Waals surface area contributed by atoms with Crippen LogP contribution in [0.4, 0.5) is 16.2 Å². The number of urea groups is 1. The van der Waals surface area contributed by atoms with Crippen LogP contribution in [-0.4, -0.2) is 55.5 Å². The lowest BCUT2D eigenvalue weighted by molar-refractivity contribution is 0.127. The average molecular weight is 262 g/mol. The number of hydrogen-bond acceptors (Lipinski definition) is 4. The van der Waals surface area contributed by atoms with Crippen molar-refractivity contribution < 1.29 is 9.53 Å². The summed E-state index contributed by atoms with van der Waals surface area (Å²) in [6.07, 6.45) is 0. The van der Waals surface area contributed by atoms with Crippen molar-refractivity contribution in [2.75, 3.05) is 50.3 Å². The Morgan fingerprint density at radius 1 is 1.11 bits per heavy atom. The van der Waals surface area contributed by atoms with Gasteiger partial charge in [-0.15, -0.1) is 0 Å². The molecule has 0 atom stereocenters. The number of nitrogens with zero attached hydrogens (tertiary/aromatic N) is 3. The van der Waals surface area contributed by atoms with Gasteiger partial charge >= 0.3 is 6.03 Å². The zero-order chi connectivity index (χ0) is 13.2. The standard InChI is InChI=1S/C13H18N4O2/c14-11-1-3-12(4-2-11)15-5-6-16(9-15)13(18)17-7-8-19-10-17/h1-4H,5-10,14H2. The molecule has 2 fully saturated rings. The first-order chi connectivity index (χ1) is 9.24. The summed E-state index contributed by atoms with van der Waals surface area (Å²) in [5, 5.41) is 0. The zero-order valence-electron chi connectivity index (χ0n) is 10.8. The van der Waals surface area contributed by atoms with Crippen molar-refractivity contribution in [3.8, 4) is 0 Å². The second-order valence-electron chi connectivity index (χ2n) is 4.84. The van der Waals surface area contributed by atoms with Gasteiger partial charge in [0.05, 0.1) is 13.3 Å². The number of ether oxygens (including phenoxy) is 1. The first-order valence-corrected chi connectivity index (χ1v) is 6.46. The quantitative estimate of drug-likeness (QED) is 0.759. The van der Waals surface area contributed by atoms with Gasteiger partial charge in [0.15, 0.2) is 0 Å². The molecule has 2 amide bonds. The molecule has 102 valence electrons. The molecule has 2 heterocycles. The van der Waals surface area contributed by atoms with E-state index in [1.807, 2.05) is 29.2 Å². The van der Waals surface area contributed by atoms with Crippen LogP contribution in [-0.2, 0) is 4.74 Å². The zero-order valence-corrected chi connectivity index (χ0v) is 10.8. The van der Waals surface area contributed by atoms with Crippen molar-refractivity contribution in [3.05, 3.63) is 24.3 Å². The van der Waals surface area contributed by atoms with Crippen LogP contribution in [0.5, 0.6) is 0 Å². The molecule has 6 heteroatoms. The molecule has 0 spiro atoms. The van der Waals surface area contributed by atoms with E-state index in [9.17, 15) is 4.79 Å². The monoisotopic (exact) mass is 262 g/mol. The second kappa shape index (κ2) is 4.97. The van der Waals surface area contributed by atoms with Gasteiger partial charge in [0.1, 0.15) is 6.73 Å². The highest BCUT2D eigenvalue weighted by Crippen LogP contribution is 2.20. The number of rotatable bonds is 1. The molecule has 3 rings (SSSR count). The van der Waals surface area contributed by atoms with Crippen LogP contribution in [0.3, 0.4) is 0 Å². The average Bonchev–Trinajstić information content (AvgIpc) is 3.10. The highest BCUT2D eigenvalue weighted by Gasteiger charge is 2.29. The maximum absolute atomic E-state index is 12.2. The molecular weight excluding hydrogens is 244 g/mol. The summed E-state index contributed by atoms with van der Waals surface area (Å²) in [5.41, 5.74) is 7.53. The highest BCUT2D eigenvalue weighted by molar-refractivity contribution is 5.75. The molecule has 1 aromatic carbocycles. The number of carbonyl (C=O) groups is 1. The molecule has 0 aliphatic carbocycles. The van der Waals surface area contributed by atoms with Gasteiger partial charge in [0.2, 0.25) is 0 Å². The van der Waals surface area contributed by atoms with E-state index in [0.717, 1.165) is 24.5 Å². The fourth-order valence-electron chi connectivity index (χ4n) is 2.41. The largest absolute Gasteiger partial charge is 0.399 e. The van der Waals surface area contributed by atoms with Gasteiger partial charge in [-0.2, -0.15) is 0 Å². The summed E-state index contributed by atoms with van der Waals surface area (Å²) < 4.78 is 5.21. The van der Waals surface area contributed by atoms with Gasteiger partial charge in [-0.25, -0.2) is 4.79 Å². The smallest absolute Gasteiger partial charge is 0.323 e. The summed E-state index contributed by atoms with van der Waals surface area (Å²) in [5.74, 6) is 0. The fraction of sp³-hybridized carbons (Fsp3) is 0.462. The van der Waals surface area contributed by atoms with Crippen molar-refractivity contribution >= 4 is 17.4 Å². The van der Waals surface area contributed by atoms with E-state index in [1.54, 1.807) is 4.90 Å². The Balaban J connectivity index is 1.63. The van der Waals surface area contributed by atoms with E-state index < -0.39 is 0 Å². The van der Waals surface area contributed by atoms with Crippen molar-refractivity contribution in [1.82, 2.24) is 9.80 Å². The van der Waals surface area contributed by atoms with E-state index in [4.69, 9.17) is 10.5 Å². The lowest BCUT2D eigenvalue weighted by Crippen LogP contribution is -2.41. The molecule has 2 saturated heterocycles. The minimum absolute atomic E-state index is 0.0652. The topological polar surface area (TPSA) is 62.0 Å².